The summed E-state index contributed by atoms with van der Waals surface area (Å²) in [6.45, 7) is 4.93. The van der Waals surface area contributed by atoms with Gasteiger partial charge in [0.2, 0.25) is 11.8 Å². The summed E-state index contributed by atoms with van der Waals surface area (Å²) in [5.74, 6) is 1.57. The molecule has 1 saturated carbocycles. The van der Waals surface area contributed by atoms with Gasteiger partial charge in [0.05, 0.1) is 18.8 Å². The van der Waals surface area contributed by atoms with Crippen LogP contribution in [0.15, 0.2) is 30.3 Å². The van der Waals surface area contributed by atoms with Gasteiger partial charge in [0.25, 0.3) is 0 Å². The van der Waals surface area contributed by atoms with Crippen LogP contribution in [0.3, 0.4) is 0 Å². The van der Waals surface area contributed by atoms with Crippen molar-refractivity contribution in [1.29, 1.82) is 0 Å². The van der Waals surface area contributed by atoms with Crippen LogP contribution in [0.5, 0.6) is 5.88 Å². The Morgan fingerprint density at radius 1 is 1.13 bits per heavy atom. The highest BCUT2D eigenvalue weighted by Gasteiger charge is 2.26. The maximum Gasteiger partial charge on any atom is 0.244 e. The lowest BCUT2D eigenvalue weighted by atomic mass is 10.1. The summed E-state index contributed by atoms with van der Waals surface area (Å²) in [7, 11) is 0. The van der Waals surface area contributed by atoms with E-state index in [1.54, 1.807) is 0 Å². The molecule has 0 atom stereocenters. The van der Waals surface area contributed by atoms with Gasteiger partial charge >= 0.3 is 0 Å². The molecule has 1 amide bonds. The third-order valence-corrected chi connectivity index (χ3v) is 6.39. The summed E-state index contributed by atoms with van der Waals surface area (Å²) in [6, 6.07) is 10.6. The van der Waals surface area contributed by atoms with Crippen LogP contribution in [0.4, 0.5) is 17.2 Å². The number of carbonyl (C=O) groups is 1. The Hall–Kier alpha value is -2.80. The number of benzene rings is 1. The number of fused-ring (bicyclic) bond motifs is 1. The van der Waals surface area contributed by atoms with Crippen molar-refractivity contribution in [1.82, 2.24) is 9.88 Å². The smallest absolute Gasteiger partial charge is 0.244 e. The SMILES string of the molecule is Nc1nc(OCCC2CC2)cc2c1NC(=O)CN2Cc1cccc(CN2CCCC2)c1. The maximum absolute atomic E-state index is 12.3. The Balaban J connectivity index is 1.33. The molecule has 0 bridgehead atoms. The number of nitrogens with zero attached hydrogens (tertiary/aromatic N) is 3. The zero-order valence-corrected chi connectivity index (χ0v) is 18.0. The number of nitrogens with one attached hydrogen (secondary N) is 1. The van der Waals surface area contributed by atoms with E-state index in [-0.39, 0.29) is 12.5 Å². The Morgan fingerprint density at radius 3 is 2.68 bits per heavy atom. The summed E-state index contributed by atoms with van der Waals surface area (Å²) < 4.78 is 5.89. The molecule has 2 aliphatic heterocycles. The molecule has 1 aliphatic carbocycles. The van der Waals surface area contributed by atoms with Crippen LogP contribution in [0, 0.1) is 5.92 Å². The quantitative estimate of drug-likeness (QED) is 0.680. The minimum Gasteiger partial charge on any atom is -0.478 e. The molecular weight excluding hydrogens is 390 g/mol. The second kappa shape index (κ2) is 8.75. The predicted octanol–water partition coefficient (Wildman–Crippen LogP) is 3.40. The molecule has 3 aliphatic rings. The van der Waals surface area contributed by atoms with Gasteiger partial charge in [-0.15, -0.1) is 0 Å². The molecule has 3 N–H and O–H groups in total. The zero-order valence-electron chi connectivity index (χ0n) is 18.0. The van der Waals surface area contributed by atoms with Crippen LogP contribution in [0.1, 0.15) is 43.2 Å². The molecule has 1 aromatic heterocycles. The van der Waals surface area contributed by atoms with E-state index < -0.39 is 0 Å². The van der Waals surface area contributed by atoms with Gasteiger partial charge in [-0.25, -0.2) is 0 Å². The number of nitrogen functional groups attached to an aromatic ring is 1. The number of aromatic nitrogens is 1. The van der Waals surface area contributed by atoms with Gasteiger partial charge in [0, 0.05) is 19.2 Å². The Bertz CT molecular complexity index is 953. The second-order valence-corrected chi connectivity index (χ2v) is 9.03. The van der Waals surface area contributed by atoms with Crippen LogP contribution in [-0.2, 0) is 17.9 Å². The number of rotatable bonds is 8. The molecule has 1 saturated heterocycles. The maximum atomic E-state index is 12.3. The molecule has 0 radical (unpaired) electrons. The van der Waals surface area contributed by atoms with Gasteiger partial charge in [-0.3, -0.25) is 9.69 Å². The molecule has 164 valence electrons. The molecule has 1 aromatic carbocycles. The van der Waals surface area contributed by atoms with Crippen LogP contribution < -0.4 is 20.7 Å². The van der Waals surface area contributed by atoms with Gasteiger partial charge in [0.1, 0.15) is 5.69 Å². The van der Waals surface area contributed by atoms with E-state index in [1.807, 2.05) is 6.07 Å². The molecule has 5 rings (SSSR count). The lowest BCUT2D eigenvalue weighted by Gasteiger charge is -2.31. The average molecular weight is 422 g/mol. The van der Waals surface area contributed by atoms with E-state index in [2.05, 4.69) is 44.4 Å². The Kier molecular flexibility index (Phi) is 5.68. The van der Waals surface area contributed by atoms with E-state index in [0.29, 0.717) is 30.5 Å². The fourth-order valence-electron chi connectivity index (χ4n) is 4.54. The highest BCUT2D eigenvalue weighted by Crippen LogP contribution is 2.38. The van der Waals surface area contributed by atoms with E-state index in [4.69, 9.17) is 10.5 Å². The summed E-state index contributed by atoms with van der Waals surface area (Å²) in [5.41, 5.74) is 10.1. The molecule has 0 unspecified atom stereocenters. The van der Waals surface area contributed by atoms with Gasteiger partial charge < -0.3 is 20.7 Å². The number of amides is 1. The predicted molar refractivity (Wildman–Crippen MR) is 122 cm³/mol. The van der Waals surface area contributed by atoms with Crippen molar-refractivity contribution in [3.63, 3.8) is 0 Å². The summed E-state index contributed by atoms with van der Waals surface area (Å²) >= 11 is 0. The average Bonchev–Trinajstić information content (AvgIpc) is 3.43. The highest BCUT2D eigenvalue weighted by molar-refractivity contribution is 6.04. The minimum absolute atomic E-state index is 0.0726. The second-order valence-electron chi connectivity index (χ2n) is 9.03. The van der Waals surface area contributed by atoms with E-state index in [1.165, 1.54) is 49.9 Å². The molecule has 2 fully saturated rings. The summed E-state index contributed by atoms with van der Waals surface area (Å²) in [4.78, 5) is 21.3. The van der Waals surface area contributed by atoms with E-state index in [9.17, 15) is 4.79 Å². The normalized spacial score (nSPS) is 18.7. The van der Waals surface area contributed by atoms with Crippen molar-refractivity contribution in [3.8, 4) is 5.88 Å². The van der Waals surface area contributed by atoms with Crippen LogP contribution in [0.25, 0.3) is 0 Å². The van der Waals surface area contributed by atoms with Crippen molar-refractivity contribution in [2.75, 3.05) is 42.2 Å². The van der Waals surface area contributed by atoms with Crippen molar-refractivity contribution < 1.29 is 9.53 Å². The first-order valence-electron chi connectivity index (χ1n) is 11.4. The van der Waals surface area contributed by atoms with Crippen molar-refractivity contribution >= 4 is 23.1 Å². The van der Waals surface area contributed by atoms with Crippen molar-refractivity contribution in [3.05, 3.63) is 41.5 Å². The first-order chi connectivity index (χ1) is 15.1. The summed E-state index contributed by atoms with van der Waals surface area (Å²) in [5, 5.41) is 2.88. The van der Waals surface area contributed by atoms with E-state index >= 15 is 0 Å². The number of pyridine rings is 1. The van der Waals surface area contributed by atoms with Crippen molar-refractivity contribution in [2.45, 2.75) is 45.2 Å². The molecular formula is C24H31N5O2. The first kappa shape index (κ1) is 20.1. The van der Waals surface area contributed by atoms with Crippen LogP contribution in [0.2, 0.25) is 0 Å². The van der Waals surface area contributed by atoms with Gasteiger partial charge in [-0.2, -0.15) is 4.98 Å². The molecule has 0 spiro atoms. The lowest BCUT2D eigenvalue weighted by Crippen LogP contribution is -2.38. The summed E-state index contributed by atoms with van der Waals surface area (Å²) in [6.07, 6.45) is 6.25. The molecule has 3 heterocycles. The third kappa shape index (κ3) is 4.93. The fourth-order valence-corrected chi connectivity index (χ4v) is 4.54. The van der Waals surface area contributed by atoms with Crippen molar-refractivity contribution in [2.24, 2.45) is 5.92 Å². The standard InChI is InChI=1S/C24H31N5O2/c25-24-23-20(13-22(27-24)31-11-8-17-6-7-17)29(16-21(30)26-23)15-19-5-3-4-18(12-19)14-28-9-1-2-10-28/h3-5,12-13,17H,1-2,6-11,14-16H2,(H2,25,27)(H,26,30). The Morgan fingerprint density at radius 2 is 1.90 bits per heavy atom. The van der Waals surface area contributed by atoms with Crippen LogP contribution in [-0.4, -0.2) is 42.0 Å². The van der Waals surface area contributed by atoms with Gasteiger partial charge in [-0.05, 0) is 49.4 Å². The van der Waals surface area contributed by atoms with E-state index in [0.717, 1.165) is 24.6 Å². The number of ether oxygens (including phenoxy) is 1. The number of anilines is 3. The Labute approximate surface area is 183 Å². The van der Waals surface area contributed by atoms with Gasteiger partial charge in [0.15, 0.2) is 5.82 Å². The number of nitrogens with two attached hydrogens (primary N) is 1. The third-order valence-electron chi connectivity index (χ3n) is 6.39. The van der Waals surface area contributed by atoms with Gasteiger partial charge in [-0.1, -0.05) is 37.1 Å². The largest absolute Gasteiger partial charge is 0.478 e. The fraction of sp³-hybridized carbons (Fsp3) is 0.500. The minimum atomic E-state index is -0.0726. The number of hydrogen-bond acceptors (Lipinski definition) is 6. The number of carbonyl (C=O) groups excluding carboxylic acids is 1. The molecule has 7 heteroatoms. The highest BCUT2D eigenvalue weighted by atomic mass is 16.5. The first-order valence-corrected chi connectivity index (χ1v) is 11.4. The zero-order chi connectivity index (χ0) is 21.2. The monoisotopic (exact) mass is 421 g/mol. The molecule has 2 aromatic rings. The number of hydrogen-bond donors (Lipinski definition) is 2. The van der Waals surface area contributed by atoms with Crippen LogP contribution >= 0.6 is 0 Å². The lowest BCUT2D eigenvalue weighted by molar-refractivity contribution is -0.115. The topological polar surface area (TPSA) is 83.7 Å². The molecule has 7 nitrogen and oxygen atoms in total. The molecule has 31 heavy (non-hydrogen) atoms. The number of likely N-dealkylation sites (tertiary alicyclic amines) is 1.